The molecule has 0 spiro atoms. The molecule has 11 nitrogen and oxygen atoms in total. The molecule has 5 atom stereocenters. The Labute approximate surface area is 215 Å². The van der Waals surface area contributed by atoms with Crippen molar-refractivity contribution < 1.29 is 18.4 Å². The van der Waals surface area contributed by atoms with Gasteiger partial charge in [-0.2, -0.15) is 0 Å². The minimum atomic E-state index is -1.06. The maximum atomic E-state index is 15.0. The third kappa shape index (κ3) is 5.28. The number of carbonyl (C=O) groups excluding carboxylic acids is 2. The first kappa shape index (κ1) is 26.2. The zero-order valence-corrected chi connectivity index (χ0v) is 21.4. The summed E-state index contributed by atoms with van der Waals surface area (Å²) in [6.45, 7) is 5.68. The van der Waals surface area contributed by atoms with Crippen LogP contribution in [0.2, 0.25) is 0 Å². The minimum Gasteiger partial charge on any atom is -0.367 e. The molecule has 4 aliphatic rings. The number of nitrogens with one attached hydrogen (secondary N) is 3. The first-order valence-electron chi connectivity index (χ1n) is 13.1. The van der Waals surface area contributed by atoms with Crippen LogP contribution in [-0.4, -0.2) is 109 Å². The van der Waals surface area contributed by atoms with Gasteiger partial charge in [0, 0.05) is 57.8 Å². The van der Waals surface area contributed by atoms with E-state index < -0.39 is 36.1 Å². The van der Waals surface area contributed by atoms with E-state index in [1.54, 1.807) is 5.01 Å². The number of piperazine rings is 1. The van der Waals surface area contributed by atoms with E-state index >= 15 is 4.39 Å². The highest BCUT2D eigenvalue weighted by Crippen LogP contribution is 2.33. The van der Waals surface area contributed by atoms with Crippen LogP contribution < -0.4 is 26.7 Å². The van der Waals surface area contributed by atoms with Crippen molar-refractivity contribution in [3.05, 3.63) is 18.2 Å². The lowest BCUT2D eigenvalue weighted by molar-refractivity contribution is -0.138. The molecule has 204 valence electrons. The number of carbonyl (C=O) groups is 2. The molecule has 4 unspecified atom stereocenters. The molecule has 4 aliphatic heterocycles. The van der Waals surface area contributed by atoms with Crippen molar-refractivity contribution in [1.82, 2.24) is 30.5 Å². The Morgan fingerprint density at radius 1 is 1.16 bits per heavy atom. The third-order valence-corrected chi connectivity index (χ3v) is 8.19. The number of fused-ring (bicyclic) bond motifs is 1. The molecule has 2 amide bonds. The second kappa shape index (κ2) is 10.7. The summed E-state index contributed by atoms with van der Waals surface area (Å²) in [5.41, 5.74) is 9.63. The highest BCUT2D eigenvalue weighted by Gasteiger charge is 2.47. The molecule has 5 rings (SSSR count). The summed E-state index contributed by atoms with van der Waals surface area (Å²) < 4.78 is 28.8. The number of nitrogens with zero attached hydrogens (tertiary/aromatic N) is 5. The predicted octanol–water partition coefficient (Wildman–Crippen LogP) is -0.473. The van der Waals surface area contributed by atoms with Gasteiger partial charge in [0.05, 0.1) is 36.3 Å². The maximum Gasteiger partial charge on any atom is 0.233 e. The summed E-state index contributed by atoms with van der Waals surface area (Å²) in [5.74, 6) is -1.58. The summed E-state index contributed by atoms with van der Waals surface area (Å²) in [7, 11) is 2.07. The molecule has 1 aromatic rings. The second-order valence-electron chi connectivity index (χ2n) is 10.7. The van der Waals surface area contributed by atoms with Crippen LogP contribution in [0, 0.1) is 17.7 Å². The Balaban J connectivity index is 1.24. The number of nitrogens with two attached hydrogens (primary N) is 1. The average Bonchev–Trinajstić information content (AvgIpc) is 3.20. The van der Waals surface area contributed by atoms with Crippen molar-refractivity contribution in [3.8, 4) is 0 Å². The molecule has 0 aliphatic carbocycles. The molecule has 0 aromatic carbocycles. The number of halogens is 2. The van der Waals surface area contributed by atoms with Crippen LogP contribution in [0.4, 0.5) is 20.2 Å². The van der Waals surface area contributed by atoms with E-state index in [9.17, 15) is 14.0 Å². The van der Waals surface area contributed by atoms with Gasteiger partial charge in [-0.3, -0.25) is 19.9 Å². The van der Waals surface area contributed by atoms with Crippen LogP contribution in [0.3, 0.4) is 0 Å². The minimum absolute atomic E-state index is 0.0972. The molecule has 0 radical (unpaired) electrons. The summed E-state index contributed by atoms with van der Waals surface area (Å²) in [6, 6.07) is 0.326. The van der Waals surface area contributed by atoms with E-state index in [0.29, 0.717) is 32.0 Å². The molecular formula is C24H37F2N9O2. The Bertz CT molecular complexity index is 1010. The van der Waals surface area contributed by atoms with Gasteiger partial charge < -0.3 is 25.8 Å². The van der Waals surface area contributed by atoms with Gasteiger partial charge in [-0.15, -0.1) is 0 Å². The van der Waals surface area contributed by atoms with E-state index in [2.05, 4.69) is 39.9 Å². The Hall–Kier alpha value is -2.45. The quantitative estimate of drug-likeness (QED) is 0.417. The lowest BCUT2D eigenvalue weighted by Gasteiger charge is -2.41. The molecule has 4 saturated heterocycles. The Morgan fingerprint density at radius 3 is 2.65 bits per heavy atom. The Kier molecular flexibility index (Phi) is 7.59. The molecule has 1 aromatic heterocycles. The highest BCUT2D eigenvalue weighted by atomic mass is 19.1. The fraction of sp³-hybridized carbons (Fsp3) is 0.708. The lowest BCUT2D eigenvalue weighted by Crippen LogP contribution is -2.58. The van der Waals surface area contributed by atoms with Crippen LogP contribution in [-0.2, 0) is 9.59 Å². The van der Waals surface area contributed by atoms with Crippen molar-refractivity contribution in [2.75, 3.05) is 63.1 Å². The van der Waals surface area contributed by atoms with E-state index in [0.717, 1.165) is 25.8 Å². The van der Waals surface area contributed by atoms with Gasteiger partial charge in [0.2, 0.25) is 11.8 Å². The van der Waals surface area contributed by atoms with Crippen LogP contribution in [0.1, 0.15) is 19.8 Å². The fourth-order valence-corrected chi connectivity index (χ4v) is 5.89. The van der Waals surface area contributed by atoms with Crippen LogP contribution in [0.15, 0.2) is 12.4 Å². The molecule has 13 heteroatoms. The topological polar surface area (TPSA) is 122 Å². The number of hydrogen-bond donors (Lipinski definition) is 4. The van der Waals surface area contributed by atoms with Crippen LogP contribution in [0.25, 0.3) is 0 Å². The number of rotatable bonds is 4. The van der Waals surface area contributed by atoms with Gasteiger partial charge in [0.15, 0.2) is 5.82 Å². The number of amides is 2. The first-order chi connectivity index (χ1) is 17.7. The molecular weight excluding hydrogens is 484 g/mol. The van der Waals surface area contributed by atoms with E-state index in [1.165, 1.54) is 6.20 Å². The maximum absolute atomic E-state index is 15.0. The van der Waals surface area contributed by atoms with E-state index in [-0.39, 0.29) is 36.3 Å². The van der Waals surface area contributed by atoms with Crippen molar-refractivity contribution >= 4 is 23.2 Å². The largest absolute Gasteiger partial charge is 0.367 e. The van der Waals surface area contributed by atoms with Crippen molar-refractivity contribution in [2.24, 2.45) is 17.6 Å². The van der Waals surface area contributed by atoms with E-state index in [4.69, 9.17) is 5.73 Å². The van der Waals surface area contributed by atoms with Crippen LogP contribution >= 0.6 is 0 Å². The normalized spacial score (nSPS) is 31.9. The molecule has 37 heavy (non-hydrogen) atoms. The highest BCUT2D eigenvalue weighted by molar-refractivity contribution is 5.96. The standard InChI is InChI=1S/C24H37F2N9O2/c1-14-12-34(8-7-32(14)2)24(37)15-3-5-33(6-4-15)20-17(26)10-28-11-18(20)30-23(36)19-21(27)31-35-13-16(25)9-29-22(19)35/h10-11,14-16,19,21-22,29,31H,3-9,12-13,27H2,1-2H3,(H,30,36)/t14-,16?,19?,21?,22?/m0/s1. The number of likely N-dealkylation sites (N-methyl/N-ethyl adjacent to an activating group) is 1. The number of hydrazine groups is 1. The average molecular weight is 522 g/mol. The molecule has 5 N–H and O–H groups in total. The molecule has 4 fully saturated rings. The smallest absolute Gasteiger partial charge is 0.233 e. The zero-order chi connectivity index (χ0) is 26.3. The molecule has 0 saturated carbocycles. The first-order valence-corrected chi connectivity index (χ1v) is 13.1. The van der Waals surface area contributed by atoms with Gasteiger partial charge in [-0.05, 0) is 26.8 Å². The molecule has 5 heterocycles. The SMILES string of the molecule is C[C@H]1CN(C(=O)C2CCN(c3c(F)cncc3NC(=O)C3C(N)NN4CC(F)CNC34)CC2)CCN1C. The van der Waals surface area contributed by atoms with Gasteiger partial charge in [-0.1, -0.05) is 0 Å². The second-order valence-corrected chi connectivity index (χ2v) is 10.7. The summed E-state index contributed by atoms with van der Waals surface area (Å²) in [4.78, 5) is 36.4. The summed E-state index contributed by atoms with van der Waals surface area (Å²) in [6.07, 6.45) is 1.53. The van der Waals surface area contributed by atoms with Gasteiger partial charge in [0.25, 0.3) is 0 Å². The third-order valence-electron chi connectivity index (χ3n) is 8.19. The van der Waals surface area contributed by atoms with Crippen molar-refractivity contribution in [2.45, 2.75) is 44.3 Å². The lowest BCUT2D eigenvalue weighted by atomic mass is 9.94. The molecule has 0 bridgehead atoms. The van der Waals surface area contributed by atoms with Crippen molar-refractivity contribution in [1.29, 1.82) is 0 Å². The monoisotopic (exact) mass is 521 g/mol. The van der Waals surface area contributed by atoms with E-state index in [1.807, 2.05) is 9.80 Å². The van der Waals surface area contributed by atoms with Crippen molar-refractivity contribution in [3.63, 3.8) is 0 Å². The van der Waals surface area contributed by atoms with Crippen LogP contribution in [0.5, 0.6) is 0 Å². The Morgan fingerprint density at radius 2 is 1.92 bits per heavy atom. The number of alkyl halides is 1. The van der Waals surface area contributed by atoms with Gasteiger partial charge >= 0.3 is 0 Å². The van der Waals surface area contributed by atoms with Gasteiger partial charge in [0.1, 0.15) is 11.9 Å². The number of hydrogen-bond acceptors (Lipinski definition) is 9. The number of pyridine rings is 1. The predicted molar refractivity (Wildman–Crippen MR) is 134 cm³/mol. The number of anilines is 2. The van der Waals surface area contributed by atoms with Gasteiger partial charge in [-0.25, -0.2) is 19.2 Å². The number of piperidine rings is 1. The summed E-state index contributed by atoms with van der Waals surface area (Å²) >= 11 is 0. The number of aromatic nitrogens is 1. The summed E-state index contributed by atoms with van der Waals surface area (Å²) in [5, 5.41) is 7.45. The zero-order valence-electron chi connectivity index (χ0n) is 21.4. The fourth-order valence-electron chi connectivity index (χ4n) is 5.89.